The van der Waals surface area contributed by atoms with Gasteiger partial charge in [0.15, 0.2) is 0 Å². The molecule has 0 aromatic carbocycles. The molecule has 0 aliphatic heterocycles. The van der Waals surface area contributed by atoms with E-state index in [1.807, 2.05) is 0 Å². The second-order valence-corrected chi connectivity index (χ2v) is 7.82. The highest BCUT2D eigenvalue weighted by Crippen LogP contribution is 2.00. The van der Waals surface area contributed by atoms with Crippen LogP contribution in [0, 0.1) is 0 Å². The number of nitrogens with zero attached hydrogens (tertiary/aromatic N) is 2. The van der Waals surface area contributed by atoms with E-state index in [0.717, 1.165) is 6.42 Å². The zero-order valence-corrected chi connectivity index (χ0v) is 21.1. The molecule has 0 aromatic rings. The molecule has 0 rings (SSSR count). The van der Waals surface area contributed by atoms with Crippen LogP contribution in [0.5, 0.6) is 0 Å². The van der Waals surface area contributed by atoms with Crippen molar-refractivity contribution in [1.82, 2.24) is 9.80 Å². The van der Waals surface area contributed by atoms with Crippen molar-refractivity contribution in [2.45, 2.75) is 119 Å². The topological polar surface area (TPSA) is 26.7 Å². The minimum Gasteiger partial charge on any atom is -0.396 e. The van der Waals surface area contributed by atoms with Gasteiger partial charge in [0.05, 0.1) is 0 Å². The van der Waals surface area contributed by atoms with Gasteiger partial charge in [0.2, 0.25) is 0 Å². The molecule has 174 valence electrons. The third-order valence-corrected chi connectivity index (χ3v) is 4.50. The van der Waals surface area contributed by atoms with Gasteiger partial charge in [0.1, 0.15) is 0 Å². The molecule has 0 fully saturated rings. The first-order valence-corrected chi connectivity index (χ1v) is 12.7. The van der Waals surface area contributed by atoms with Crippen LogP contribution >= 0.6 is 0 Å². The Balaban J connectivity index is -0.000000337. The molecule has 0 saturated heterocycles. The summed E-state index contributed by atoms with van der Waals surface area (Å²) in [5.74, 6) is 0. The van der Waals surface area contributed by atoms with Crippen LogP contribution < -0.4 is 0 Å². The largest absolute Gasteiger partial charge is 0.396 e. The first-order valence-electron chi connectivity index (χ1n) is 12.7. The number of hydrogen-bond donors (Lipinski definition) is 1. The minimum absolute atomic E-state index is 0.365. The molecule has 1 N–H and O–H groups in total. The van der Waals surface area contributed by atoms with Gasteiger partial charge in [-0.05, 0) is 84.2 Å². The highest BCUT2D eigenvalue weighted by Gasteiger charge is 1.99. The van der Waals surface area contributed by atoms with Gasteiger partial charge in [0, 0.05) is 6.61 Å². The lowest BCUT2D eigenvalue weighted by atomic mass is 10.2. The van der Waals surface area contributed by atoms with Crippen molar-refractivity contribution in [1.29, 1.82) is 0 Å². The lowest BCUT2D eigenvalue weighted by Crippen LogP contribution is -2.26. The molecule has 0 amide bonds. The van der Waals surface area contributed by atoms with Crippen LogP contribution in [0.1, 0.15) is 119 Å². The Hall–Kier alpha value is -0.120. The summed E-state index contributed by atoms with van der Waals surface area (Å²) >= 11 is 0. The van der Waals surface area contributed by atoms with E-state index in [4.69, 9.17) is 5.11 Å². The average Bonchev–Trinajstić information content (AvgIpc) is 2.68. The van der Waals surface area contributed by atoms with Crippen molar-refractivity contribution in [3.05, 3.63) is 0 Å². The summed E-state index contributed by atoms with van der Waals surface area (Å²) in [4.78, 5) is 5.08. The summed E-state index contributed by atoms with van der Waals surface area (Å²) in [5, 5.41) is 8.37. The second kappa shape index (κ2) is 31.6. The maximum atomic E-state index is 8.37. The number of unbranched alkanes of at least 4 members (excludes halogenated alkanes) is 4. The number of rotatable bonds is 17. The van der Waals surface area contributed by atoms with E-state index in [2.05, 4.69) is 58.3 Å². The summed E-state index contributed by atoms with van der Waals surface area (Å²) in [6, 6.07) is 0. The van der Waals surface area contributed by atoms with Gasteiger partial charge in [-0.25, -0.2) is 0 Å². The van der Waals surface area contributed by atoms with Crippen LogP contribution in [0.15, 0.2) is 0 Å². The second-order valence-electron chi connectivity index (χ2n) is 7.82. The predicted molar refractivity (Wildman–Crippen MR) is 130 cm³/mol. The highest BCUT2D eigenvalue weighted by atomic mass is 16.2. The van der Waals surface area contributed by atoms with Crippen LogP contribution in [0.25, 0.3) is 0 Å². The Kier molecular flexibility index (Phi) is 36.7. The highest BCUT2D eigenvalue weighted by molar-refractivity contribution is 4.54. The first kappa shape index (κ1) is 32.5. The lowest BCUT2D eigenvalue weighted by Gasteiger charge is -2.19. The van der Waals surface area contributed by atoms with Crippen LogP contribution in [-0.4, -0.2) is 60.8 Å². The van der Waals surface area contributed by atoms with E-state index >= 15 is 0 Å². The minimum atomic E-state index is 0.365. The molecule has 0 aromatic heterocycles. The average molecular weight is 403 g/mol. The number of aliphatic hydroxyl groups excluding tert-OH is 1. The molecule has 0 aliphatic rings. The molecule has 0 saturated carbocycles. The Bertz CT molecular complexity index is 184. The standard InChI is InChI=1S/2C9H21N.C7H16O/c2*1-4-7-10(8-5-2)9-6-3;1-2-3-4-5-6-7-8/h2*4-9H2,1-3H3;8H,2-7H2,1H3. The Morgan fingerprint density at radius 2 is 0.679 bits per heavy atom. The lowest BCUT2D eigenvalue weighted by molar-refractivity contribution is 0.275. The van der Waals surface area contributed by atoms with Crippen LogP contribution in [-0.2, 0) is 0 Å². The van der Waals surface area contributed by atoms with Gasteiger partial charge >= 0.3 is 0 Å². The van der Waals surface area contributed by atoms with Crippen molar-refractivity contribution >= 4 is 0 Å². The normalized spacial score (nSPS) is 10.5. The molecule has 0 atom stereocenters. The number of aliphatic hydroxyl groups is 1. The Morgan fingerprint density at radius 3 is 0.893 bits per heavy atom. The molecule has 0 spiro atoms. The molecular formula is C25H58N2O. The van der Waals surface area contributed by atoms with Crippen LogP contribution in [0.4, 0.5) is 0 Å². The van der Waals surface area contributed by atoms with Gasteiger partial charge in [-0.15, -0.1) is 0 Å². The van der Waals surface area contributed by atoms with Gasteiger partial charge in [-0.1, -0.05) is 74.1 Å². The maximum Gasteiger partial charge on any atom is 0.0431 e. The van der Waals surface area contributed by atoms with Crippen LogP contribution in [0.2, 0.25) is 0 Å². The molecule has 0 unspecified atom stereocenters. The molecule has 0 radical (unpaired) electrons. The van der Waals surface area contributed by atoms with E-state index in [-0.39, 0.29) is 0 Å². The monoisotopic (exact) mass is 402 g/mol. The smallest absolute Gasteiger partial charge is 0.0431 e. The zero-order chi connectivity index (χ0) is 21.9. The first-order chi connectivity index (χ1) is 13.6. The summed E-state index contributed by atoms with van der Waals surface area (Å²) in [6.07, 6.45) is 13.8. The maximum absolute atomic E-state index is 8.37. The third kappa shape index (κ3) is 30.6. The summed E-state index contributed by atoms with van der Waals surface area (Å²) in [5.41, 5.74) is 0. The van der Waals surface area contributed by atoms with Crippen LogP contribution in [0.3, 0.4) is 0 Å². The van der Waals surface area contributed by atoms with E-state index in [1.165, 1.54) is 103 Å². The van der Waals surface area contributed by atoms with Crippen molar-refractivity contribution in [2.75, 3.05) is 45.9 Å². The molecule has 0 bridgehead atoms. The third-order valence-electron chi connectivity index (χ3n) is 4.50. The fraction of sp³-hybridized carbons (Fsp3) is 1.00. The molecule has 3 heteroatoms. The molecule has 3 nitrogen and oxygen atoms in total. The van der Waals surface area contributed by atoms with Crippen molar-refractivity contribution in [3.8, 4) is 0 Å². The molecule has 0 aliphatic carbocycles. The SMILES string of the molecule is CCCCCCCO.CCCN(CCC)CCC.CCCN(CCC)CCC. The summed E-state index contributed by atoms with van der Waals surface area (Å²) in [6.45, 7) is 23.7. The quantitative estimate of drug-likeness (QED) is 0.266. The van der Waals surface area contributed by atoms with E-state index < -0.39 is 0 Å². The van der Waals surface area contributed by atoms with E-state index in [1.54, 1.807) is 0 Å². The van der Waals surface area contributed by atoms with Crippen molar-refractivity contribution in [3.63, 3.8) is 0 Å². The fourth-order valence-corrected chi connectivity index (χ4v) is 3.28. The van der Waals surface area contributed by atoms with Gasteiger partial charge in [-0.2, -0.15) is 0 Å². The Morgan fingerprint density at radius 1 is 0.393 bits per heavy atom. The molecule has 0 heterocycles. The van der Waals surface area contributed by atoms with Crippen molar-refractivity contribution in [2.24, 2.45) is 0 Å². The molecular weight excluding hydrogens is 344 g/mol. The molecule has 28 heavy (non-hydrogen) atoms. The van der Waals surface area contributed by atoms with Gasteiger partial charge in [-0.3, -0.25) is 0 Å². The number of hydrogen-bond acceptors (Lipinski definition) is 3. The van der Waals surface area contributed by atoms with E-state index in [0.29, 0.717) is 6.61 Å². The zero-order valence-electron chi connectivity index (χ0n) is 21.1. The summed E-state index contributed by atoms with van der Waals surface area (Å²) in [7, 11) is 0. The van der Waals surface area contributed by atoms with E-state index in [9.17, 15) is 0 Å². The summed E-state index contributed by atoms with van der Waals surface area (Å²) < 4.78 is 0. The van der Waals surface area contributed by atoms with Gasteiger partial charge < -0.3 is 14.9 Å². The van der Waals surface area contributed by atoms with Crippen molar-refractivity contribution < 1.29 is 5.11 Å². The predicted octanol–water partition coefficient (Wildman–Crippen LogP) is 6.99. The Labute approximate surface area is 180 Å². The van der Waals surface area contributed by atoms with Gasteiger partial charge in [0.25, 0.3) is 0 Å². The fourth-order valence-electron chi connectivity index (χ4n) is 3.28.